The molecule has 6 nitrogen and oxygen atoms in total. The Kier molecular flexibility index (Phi) is 3.53. The molecule has 0 radical (unpaired) electrons. The van der Waals surface area contributed by atoms with Crippen molar-refractivity contribution in [3.63, 3.8) is 0 Å². The van der Waals surface area contributed by atoms with Crippen molar-refractivity contribution in [1.29, 1.82) is 0 Å². The molecule has 1 unspecified atom stereocenters. The van der Waals surface area contributed by atoms with Crippen LogP contribution in [0.2, 0.25) is 0 Å². The van der Waals surface area contributed by atoms with Gasteiger partial charge in [-0.05, 0) is 24.5 Å². The molecule has 3 aromatic rings. The topological polar surface area (TPSA) is 59.7 Å². The Morgan fingerprint density at radius 1 is 1.15 bits per heavy atom. The van der Waals surface area contributed by atoms with Crippen LogP contribution in [0.4, 0.5) is 0 Å². The van der Waals surface area contributed by atoms with E-state index >= 15 is 0 Å². The van der Waals surface area contributed by atoms with Crippen LogP contribution in [0, 0.1) is 5.41 Å². The molecule has 26 heavy (non-hydrogen) atoms. The predicted octanol–water partition coefficient (Wildman–Crippen LogP) is 2.72. The van der Waals surface area contributed by atoms with Gasteiger partial charge < -0.3 is 9.64 Å². The third kappa shape index (κ3) is 2.25. The van der Waals surface area contributed by atoms with Gasteiger partial charge in [0.2, 0.25) is 0 Å². The van der Waals surface area contributed by atoms with E-state index in [1.165, 1.54) is 5.56 Å². The summed E-state index contributed by atoms with van der Waals surface area (Å²) in [6.07, 6.45) is 7.11. The number of carbonyl (C=O) groups is 1. The molecule has 1 amide bonds. The molecule has 5 rings (SSSR count). The minimum atomic E-state index is 0.00432. The number of amides is 1. The van der Waals surface area contributed by atoms with Gasteiger partial charge in [-0.1, -0.05) is 30.3 Å². The first-order valence-corrected chi connectivity index (χ1v) is 9.01. The maximum Gasteiger partial charge on any atom is 0.259 e. The molecular weight excluding hydrogens is 328 g/mol. The lowest BCUT2D eigenvalue weighted by Gasteiger charge is -2.59. The number of carbonyl (C=O) groups excluding carboxylic acids is 1. The second kappa shape index (κ2) is 5.92. The van der Waals surface area contributed by atoms with Gasteiger partial charge >= 0.3 is 0 Å². The van der Waals surface area contributed by atoms with Gasteiger partial charge in [0.05, 0.1) is 12.2 Å². The summed E-state index contributed by atoms with van der Waals surface area (Å²) in [7, 11) is 0. The van der Waals surface area contributed by atoms with E-state index in [0.717, 1.165) is 32.6 Å². The standard InChI is InChI=1S/C20H20N4O2/c25-19(16-13-22-24-10-4-9-21-18(16)24)23-14-20(7-11-26-12-8-20)17(23)15-5-2-1-3-6-15/h1-6,9-10,13,17H,7-8,11-12,14H2. The SMILES string of the molecule is O=C(c1cnn2cccnc12)N1CC2(CCOCC2)C1c1ccccc1. The van der Waals surface area contributed by atoms with Crippen molar-refractivity contribution in [1.82, 2.24) is 19.5 Å². The van der Waals surface area contributed by atoms with E-state index in [4.69, 9.17) is 4.74 Å². The van der Waals surface area contributed by atoms with Crippen LogP contribution in [0.15, 0.2) is 55.0 Å². The Morgan fingerprint density at radius 2 is 1.96 bits per heavy atom. The Morgan fingerprint density at radius 3 is 2.77 bits per heavy atom. The first kappa shape index (κ1) is 15.5. The summed E-state index contributed by atoms with van der Waals surface area (Å²) >= 11 is 0. The lowest BCUT2D eigenvalue weighted by molar-refractivity contribution is -0.115. The average molecular weight is 348 g/mol. The highest BCUT2D eigenvalue weighted by atomic mass is 16.5. The van der Waals surface area contributed by atoms with Crippen molar-refractivity contribution in [3.8, 4) is 0 Å². The molecule has 2 saturated heterocycles. The minimum Gasteiger partial charge on any atom is -0.381 e. The van der Waals surface area contributed by atoms with Crippen molar-refractivity contribution < 1.29 is 9.53 Å². The summed E-state index contributed by atoms with van der Waals surface area (Å²) < 4.78 is 7.23. The molecule has 0 saturated carbocycles. The van der Waals surface area contributed by atoms with Crippen LogP contribution in [0.5, 0.6) is 0 Å². The second-order valence-corrected chi connectivity index (χ2v) is 7.17. The number of fused-ring (bicyclic) bond motifs is 1. The van der Waals surface area contributed by atoms with Gasteiger partial charge in [-0.25, -0.2) is 9.50 Å². The van der Waals surface area contributed by atoms with Crippen molar-refractivity contribution in [3.05, 3.63) is 66.1 Å². The van der Waals surface area contributed by atoms with Gasteiger partial charge in [-0.3, -0.25) is 4.79 Å². The fraction of sp³-hybridized carbons (Fsp3) is 0.350. The Bertz CT molecular complexity index is 947. The van der Waals surface area contributed by atoms with E-state index in [1.54, 1.807) is 16.9 Å². The van der Waals surface area contributed by atoms with Gasteiger partial charge in [0.15, 0.2) is 5.65 Å². The summed E-state index contributed by atoms with van der Waals surface area (Å²) in [5, 5.41) is 4.27. The number of ether oxygens (including phenoxy) is 1. The van der Waals surface area contributed by atoms with E-state index < -0.39 is 0 Å². The fourth-order valence-electron chi connectivity index (χ4n) is 4.44. The summed E-state index contributed by atoms with van der Waals surface area (Å²) in [5.41, 5.74) is 2.48. The van der Waals surface area contributed by atoms with E-state index in [-0.39, 0.29) is 17.4 Å². The molecule has 0 N–H and O–H groups in total. The van der Waals surface area contributed by atoms with Crippen molar-refractivity contribution in [2.24, 2.45) is 5.41 Å². The highest BCUT2D eigenvalue weighted by Crippen LogP contribution is 2.55. The Balaban J connectivity index is 1.52. The maximum absolute atomic E-state index is 13.3. The Hall–Kier alpha value is -2.73. The van der Waals surface area contributed by atoms with E-state index in [1.807, 2.05) is 35.4 Å². The highest BCUT2D eigenvalue weighted by Gasteiger charge is 2.55. The molecule has 132 valence electrons. The molecule has 1 atom stereocenters. The molecule has 2 aromatic heterocycles. The van der Waals surface area contributed by atoms with Crippen molar-refractivity contribution >= 4 is 11.6 Å². The normalized spacial score (nSPS) is 21.7. The number of hydrogen-bond acceptors (Lipinski definition) is 4. The number of aromatic nitrogens is 3. The molecule has 4 heterocycles. The van der Waals surface area contributed by atoms with Crippen LogP contribution in [-0.2, 0) is 4.74 Å². The molecule has 2 fully saturated rings. The van der Waals surface area contributed by atoms with Gasteiger partial charge in [0, 0.05) is 37.6 Å². The fourth-order valence-corrected chi connectivity index (χ4v) is 4.44. The van der Waals surface area contributed by atoms with Crippen molar-refractivity contribution in [2.45, 2.75) is 18.9 Å². The molecular formula is C20H20N4O2. The lowest BCUT2D eigenvalue weighted by atomic mass is 9.64. The molecule has 6 heteroatoms. The third-order valence-electron chi connectivity index (χ3n) is 5.75. The predicted molar refractivity (Wildman–Crippen MR) is 95.7 cm³/mol. The van der Waals surface area contributed by atoms with Crippen LogP contribution >= 0.6 is 0 Å². The highest BCUT2D eigenvalue weighted by molar-refractivity contribution is 6.00. The first-order chi connectivity index (χ1) is 12.8. The minimum absolute atomic E-state index is 0.00432. The van der Waals surface area contributed by atoms with Crippen LogP contribution in [-0.4, -0.2) is 45.2 Å². The van der Waals surface area contributed by atoms with Gasteiger partial charge in [-0.15, -0.1) is 0 Å². The molecule has 2 aliphatic heterocycles. The zero-order valence-electron chi connectivity index (χ0n) is 14.4. The van der Waals surface area contributed by atoms with Crippen LogP contribution in [0.1, 0.15) is 34.8 Å². The summed E-state index contributed by atoms with van der Waals surface area (Å²) in [6, 6.07) is 12.2. The van der Waals surface area contributed by atoms with Gasteiger partial charge in [0.25, 0.3) is 5.91 Å². The third-order valence-corrected chi connectivity index (χ3v) is 5.75. The summed E-state index contributed by atoms with van der Waals surface area (Å²) in [4.78, 5) is 19.6. The molecule has 0 aliphatic carbocycles. The number of likely N-dealkylation sites (tertiary alicyclic amines) is 1. The molecule has 0 bridgehead atoms. The smallest absolute Gasteiger partial charge is 0.259 e. The average Bonchev–Trinajstić information content (AvgIpc) is 3.11. The van der Waals surface area contributed by atoms with E-state index in [2.05, 4.69) is 22.2 Å². The van der Waals surface area contributed by atoms with Gasteiger partial charge in [0.1, 0.15) is 5.56 Å². The van der Waals surface area contributed by atoms with Crippen LogP contribution in [0.25, 0.3) is 5.65 Å². The Labute approximate surface area is 151 Å². The zero-order chi connectivity index (χ0) is 17.6. The van der Waals surface area contributed by atoms with E-state index in [9.17, 15) is 4.79 Å². The maximum atomic E-state index is 13.3. The van der Waals surface area contributed by atoms with Gasteiger partial charge in [-0.2, -0.15) is 5.10 Å². The quantitative estimate of drug-likeness (QED) is 0.714. The number of nitrogens with zero attached hydrogens (tertiary/aromatic N) is 4. The largest absolute Gasteiger partial charge is 0.381 e. The number of rotatable bonds is 2. The zero-order valence-corrected chi connectivity index (χ0v) is 14.4. The molecule has 2 aliphatic rings. The molecule has 1 spiro atoms. The summed E-state index contributed by atoms with van der Waals surface area (Å²) in [5.74, 6) is 0.00432. The number of benzene rings is 1. The van der Waals surface area contributed by atoms with Crippen LogP contribution in [0.3, 0.4) is 0 Å². The summed E-state index contributed by atoms with van der Waals surface area (Å²) in [6.45, 7) is 2.30. The van der Waals surface area contributed by atoms with Crippen LogP contribution < -0.4 is 0 Å². The second-order valence-electron chi connectivity index (χ2n) is 7.17. The lowest BCUT2D eigenvalue weighted by Crippen LogP contribution is -2.62. The molecule has 1 aromatic carbocycles. The van der Waals surface area contributed by atoms with Crippen molar-refractivity contribution in [2.75, 3.05) is 19.8 Å². The van der Waals surface area contributed by atoms with E-state index in [0.29, 0.717) is 11.2 Å². The first-order valence-electron chi connectivity index (χ1n) is 9.01. The monoisotopic (exact) mass is 348 g/mol. The number of hydrogen-bond donors (Lipinski definition) is 0.